The average Bonchev–Trinajstić information content (AvgIpc) is 2.91. The second kappa shape index (κ2) is 4.20. The summed E-state index contributed by atoms with van der Waals surface area (Å²) in [6, 6.07) is 7.69. The average molecular weight is 260 g/mol. The fourth-order valence-electron chi connectivity index (χ4n) is 2.20. The maximum Gasteiger partial charge on any atom is 0.153 e. The number of rotatable bonds is 2. The highest BCUT2D eigenvalue weighted by atomic mass is 19.1. The molecule has 1 aromatic carbocycles. The number of furan rings is 1. The van der Waals surface area contributed by atoms with E-state index in [0.717, 1.165) is 5.69 Å². The predicted octanol–water partition coefficient (Wildman–Crippen LogP) is 2.70. The van der Waals surface area contributed by atoms with Gasteiger partial charge < -0.3 is 9.52 Å². The fraction of sp³-hybridized carbons (Fsp3) is 0.214. The molecule has 3 aromatic rings. The van der Waals surface area contributed by atoms with Crippen molar-refractivity contribution in [1.29, 1.82) is 0 Å². The van der Waals surface area contributed by atoms with E-state index < -0.39 is 6.10 Å². The van der Waals surface area contributed by atoms with Crippen LogP contribution in [0.15, 0.2) is 34.7 Å². The minimum atomic E-state index is -0.915. The molecule has 2 heterocycles. The number of halogens is 1. The van der Waals surface area contributed by atoms with Crippen LogP contribution in [0, 0.1) is 12.7 Å². The lowest BCUT2D eigenvalue weighted by Gasteiger charge is -2.07. The number of benzene rings is 1. The van der Waals surface area contributed by atoms with E-state index in [1.54, 1.807) is 29.9 Å². The molecule has 1 atom stereocenters. The van der Waals surface area contributed by atoms with Gasteiger partial charge in [-0.15, -0.1) is 0 Å². The van der Waals surface area contributed by atoms with Gasteiger partial charge in [-0.1, -0.05) is 0 Å². The van der Waals surface area contributed by atoms with E-state index in [1.807, 2.05) is 6.92 Å². The Bertz CT molecular complexity index is 745. The molecule has 0 spiro atoms. The maximum atomic E-state index is 13.1. The summed E-state index contributed by atoms with van der Waals surface area (Å²) in [7, 11) is 1.76. The number of hydrogen-bond acceptors (Lipinski definition) is 3. The monoisotopic (exact) mass is 260 g/mol. The van der Waals surface area contributed by atoms with Gasteiger partial charge in [0.1, 0.15) is 17.2 Å². The highest BCUT2D eigenvalue weighted by Crippen LogP contribution is 2.28. The van der Waals surface area contributed by atoms with Crippen molar-refractivity contribution in [3.63, 3.8) is 0 Å². The van der Waals surface area contributed by atoms with Crippen molar-refractivity contribution in [2.24, 2.45) is 7.05 Å². The van der Waals surface area contributed by atoms with Crippen molar-refractivity contribution in [2.45, 2.75) is 13.0 Å². The van der Waals surface area contributed by atoms with Crippen LogP contribution in [0.25, 0.3) is 11.0 Å². The molecule has 2 aromatic heterocycles. The Kier molecular flexibility index (Phi) is 2.64. The first-order valence-corrected chi connectivity index (χ1v) is 5.92. The predicted molar refractivity (Wildman–Crippen MR) is 68.2 cm³/mol. The molecule has 1 N–H and O–H groups in total. The molecule has 1 unspecified atom stereocenters. The third-order valence-electron chi connectivity index (χ3n) is 3.09. The van der Waals surface area contributed by atoms with Crippen LogP contribution in [0.2, 0.25) is 0 Å². The molecule has 0 aliphatic carbocycles. The summed E-state index contributed by atoms with van der Waals surface area (Å²) in [5.41, 5.74) is 2.00. The highest BCUT2D eigenvalue weighted by Gasteiger charge is 2.19. The number of aryl methyl sites for hydroxylation is 2. The number of aliphatic hydroxyl groups excluding tert-OH is 1. The van der Waals surface area contributed by atoms with E-state index in [0.29, 0.717) is 22.4 Å². The summed E-state index contributed by atoms with van der Waals surface area (Å²) in [5.74, 6) is 0.0503. The van der Waals surface area contributed by atoms with Gasteiger partial charge in [0, 0.05) is 12.4 Å². The molecule has 0 bridgehead atoms. The molecule has 0 aliphatic rings. The van der Waals surface area contributed by atoms with E-state index >= 15 is 0 Å². The SMILES string of the molecule is Cc1cc(C(O)c2cc3cc(F)ccc3o2)n(C)n1. The van der Waals surface area contributed by atoms with Gasteiger partial charge >= 0.3 is 0 Å². The van der Waals surface area contributed by atoms with Gasteiger partial charge in [-0.25, -0.2) is 4.39 Å². The Morgan fingerprint density at radius 3 is 2.79 bits per heavy atom. The molecule has 19 heavy (non-hydrogen) atoms. The normalized spacial score (nSPS) is 13.1. The standard InChI is InChI=1S/C14H13FN2O2/c1-8-5-11(17(2)16-8)14(18)13-7-9-6-10(15)3-4-12(9)19-13/h3-7,14,18H,1-2H3. The lowest BCUT2D eigenvalue weighted by molar-refractivity contribution is 0.183. The smallest absolute Gasteiger partial charge is 0.153 e. The van der Waals surface area contributed by atoms with Crippen LogP contribution in [0.4, 0.5) is 4.39 Å². The topological polar surface area (TPSA) is 51.2 Å². The van der Waals surface area contributed by atoms with Crippen molar-refractivity contribution in [3.05, 3.63) is 53.3 Å². The first kappa shape index (κ1) is 11.9. The number of aliphatic hydroxyl groups is 1. The van der Waals surface area contributed by atoms with Gasteiger partial charge in [-0.05, 0) is 37.3 Å². The van der Waals surface area contributed by atoms with Gasteiger partial charge in [0.2, 0.25) is 0 Å². The summed E-state index contributed by atoms with van der Waals surface area (Å²) in [5, 5.41) is 15.1. The number of aromatic nitrogens is 2. The molecule has 0 radical (unpaired) electrons. The van der Waals surface area contributed by atoms with Crippen molar-refractivity contribution >= 4 is 11.0 Å². The van der Waals surface area contributed by atoms with Gasteiger partial charge in [0.05, 0.1) is 11.4 Å². The zero-order chi connectivity index (χ0) is 13.6. The highest BCUT2D eigenvalue weighted by molar-refractivity contribution is 5.78. The summed E-state index contributed by atoms with van der Waals surface area (Å²) < 4.78 is 20.3. The molecule has 0 fully saturated rings. The third-order valence-corrected chi connectivity index (χ3v) is 3.09. The quantitative estimate of drug-likeness (QED) is 0.770. The van der Waals surface area contributed by atoms with Crippen molar-refractivity contribution < 1.29 is 13.9 Å². The molecular weight excluding hydrogens is 247 g/mol. The Balaban J connectivity index is 2.06. The first-order chi connectivity index (χ1) is 9.04. The van der Waals surface area contributed by atoms with Crippen LogP contribution >= 0.6 is 0 Å². The van der Waals surface area contributed by atoms with Crippen molar-refractivity contribution in [1.82, 2.24) is 9.78 Å². The van der Waals surface area contributed by atoms with E-state index in [4.69, 9.17) is 4.42 Å². The molecule has 98 valence electrons. The number of nitrogens with zero attached hydrogens (tertiary/aromatic N) is 2. The third kappa shape index (κ3) is 2.02. The van der Waals surface area contributed by atoms with E-state index in [1.165, 1.54) is 12.1 Å². The van der Waals surface area contributed by atoms with Crippen LogP contribution in [-0.4, -0.2) is 14.9 Å². The zero-order valence-corrected chi connectivity index (χ0v) is 10.6. The molecule has 0 aliphatic heterocycles. The Morgan fingerprint density at radius 1 is 1.32 bits per heavy atom. The lowest BCUT2D eigenvalue weighted by Crippen LogP contribution is -2.05. The molecule has 4 nitrogen and oxygen atoms in total. The summed E-state index contributed by atoms with van der Waals surface area (Å²) in [6.45, 7) is 1.85. The molecule has 3 rings (SSSR count). The second-order valence-corrected chi connectivity index (χ2v) is 4.57. The van der Waals surface area contributed by atoms with Gasteiger partial charge in [0.15, 0.2) is 6.10 Å². The summed E-state index contributed by atoms with van der Waals surface area (Å²) >= 11 is 0. The van der Waals surface area contributed by atoms with E-state index in [9.17, 15) is 9.50 Å². The van der Waals surface area contributed by atoms with Crippen LogP contribution < -0.4 is 0 Å². The summed E-state index contributed by atoms with van der Waals surface area (Å²) in [4.78, 5) is 0. The van der Waals surface area contributed by atoms with E-state index in [2.05, 4.69) is 5.10 Å². The van der Waals surface area contributed by atoms with Crippen molar-refractivity contribution in [2.75, 3.05) is 0 Å². The molecule has 0 amide bonds. The Hall–Kier alpha value is -2.14. The Morgan fingerprint density at radius 2 is 2.11 bits per heavy atom. The number of hydrogen-bond donors (Lipinski definition) is 1. The number of fused-ring (bicyclic) bond motifs is 1. The largest absolute Gasteiger partial charge is 0.458 e. The van der Waals surface area contributed by atoms with Crippen LogP contribution in [0.1, 0.15) is 23.3 Å². The molecule has 0 saturated carbocycles. The second-order valence-electron chi connectivity index (χ2n) is 4.57. The minimum Gasteiger partial charge on any atom is -0.458 e. The van der Waals surface area contributed by atoms with Gasteiger partial charge in [-0.2, -0.15) is 5.10 Å². The van der Waals surface area contributed by atoms with E-state index in [-0.39, 0.29) is 5.82 Å². The maximum absolute atomic E-state index is 13.1. The fourth-order valence-corrected chi connectivity index (χ4v) is 2.20. The Labute approximate surface area is 109 Å². The minimum absolute atomic E-state index is 0.328. The van der Waals surface area contributed by atoms with Crippen LogP contribution in [0.5, 0.6) is 0 Å². The molecule has 0 saturated heterocycles. The summed E-state index contributed by atoms with van der Waals surface area (Å²) in [6.07, 6.45) is -0.915. The van der Waals surface area contributed by atoms with Gasteiger partial charge in [0.25, 0.3) is 0 Å². The first-order valence-electron chi connectivity index (χ1n) is 5.92. The molecular formula is C14H13FN2O2. The van der Waals surface area contributed by atoms with Crippen molar-refractivity contribution in [3.8, 4) is 0 Å². The van der Waals surface area contributed by atoms with Crippen LogP contribution in [0.3, 0.4) is 0 Å². The van der Waals surface area contributed by atoms with Crippen LogP contribution in [-0.2, 0) is 7.05 Å². The van der Waals surface area contributed by atoms with Gasteiger partial charge in [-0.3, -0.25) is 4.68 Å². The molecule has 5 heteroatoms. The zero-order valence-electron chi connectivity index (χ0n) is 10.6. The lowest BCUT2D eigenvalue weighted by atomic mass is 10.1.